The van der Waals surface area contributed by atoms with Gasteiger partial charge in [0.1, 0.15) is 6.61 Å². The summed E-state index contributed by atoms with van der Waals surface area (Å²) >= 11 is 6.90. The lowest BCUT2D eigenvalue weighted by Crippen LogP contribution is -2.06. The molecular formula is C15H16Br2N2O2. The zero-order valence-corrected chi connectivity index (χ0v) is 15.0. The van der Waals surface area contributed by atoms with Crippen LogP contribution in [-0.2, 0) is 13.2 Å². The zero-order chi connectivity index (χ0) is 15.2. The van der Waals surface area contributed by atoms with Crippen molar-refractivity contribution in [2.75, 3.05) is 14.2 Å². The van der Waals surface area contributed by atoms with Gasteiger partial charge in [-0.25, -0.2) is 0 Å². The standard InChI is InChI=1S/C15H16Br2N2O2/c1-18-7-10-5-13(17)15(14(6-10)20-2)21-9-12-4-3-11(16)8-19-12/h3-6,8,18H,7,9H2,1-2H3. The smallest absolute Gasteiger partial charge is 0.175 e. The van der Waals surface area contributed by atoms with Gasteiger partial charge >= 0.3 is 0 Å². The van der Waals surface area contributed by atoms with Crippen LogP contribution in [0.15, 0.2) is 39.4 Å². The summed E-state index contributed by atoms with van der Waals surface area (Å²) in [6.07, 6.45) is 1.75. The highest BCUT2D eigenvalue weighted by molar-refractivity contribution is 9.10. The third kappa shape index (κ3) is 4.43. The van der Waals surface area contributed by atoms with E-state index in [0.717, 1.165) is 26.7 Å². The van der Waals surface area contributed by atoms with Crippen LogP contribution in [0.1, 0.15) is 11.3 Å². The molecule has 0 amide bonds. The van der Waals surface area contributed by atoms with E-state index in [1.807, 2.05) is 31.3 Å². The molecule has 1 N–H and O–H groups in total. The molecule has 0 fully saturated rings. The van der Waals surface area contributed by atoms with Crippen LogP contribution in [0, 0.1) is 0 Å². The number of benzene rings is 1. The number of aromatic nitrogens is 1. The molecule has 4 nitrogen and oxygen atoms in total. The van der Waals surface area contributed by atoms with Gasteiger partial charge in [-0.3, -0.25) is 4.98 Å². The van der Waals surface area contributed by atoms with E-state index in [1.165, 1.54) is 0 Å². The highest BCUT2D eigenvalue weighted by Crippen LogP contribution is 2.37. The first kappa shape index (κ1) is 16.3. The number of nitrogens with one attached hydrogen (secondary N) is 1. The molecule has 0 radical (unpaired) electrons. The Kier molecular flexibility index (Phi) is 6.02. The Hall–Kier alpha value is -1.11. The van der Waals surface area contributed by atoms with Crippen LogP contribution in [0.25, 0.3) is 0 Å². The molecule has 2 rings (SSSR count). The van der Waals surface area contributed by atoms with Gasteiger partial charge in [-0.15, -0.1) is 0 Å². The Morgan fingerprint density at radius 3 is 2.67 bits per heavy atom. The number of hydrogen-bond acceptors (Lipinski definition) is 4. The molecule has 1 aromatic heterocycles. The molecule has 6 heteroatoms. The van der Waals surface area contributed by atoms with Gasteiger partial charge in [0.15, 0.2) is 11.5 Å². The summed E-state index contributed by atoms with van der Waals surface area (Å²) < 4.78 is 13.1. The molecule has 1 heterocycles. The van der Waals surface area contributed by atoms with Crippen molar-refractivity contribution in [1.29, 1.82) is 0 Å². The minimum Gasteiger partial charge on any atom is -0.493 e. The van der Waals surface area contributed by atoms with Crippen molar-refractivity contribution in [3.63, 3.8) is 0 Å². The highest BCUT2D eigenvalue weighted by Gasteiger charge is 2.12. The number of rotatable bonds is 6. The minimum absolute atomic E-state index is 0.383. The highest BCUT2D eigenvalue weighted by atomic mass is 79.9. The third-order valence-corrected chi connectivity index (χ3v) is 3.88. The molecule has 112 valence electrons. The molecule has 0 unspecified atom stereocenters. The maximum Gasteiger partial charge on any atom is 0.175 e. The molecule has 0 atom stereocenters. The second-order valence-electron chi connectivity index (χ2n) is 4.40. The molecule has 0 spiro atoms. The van der Waals surface area contributed by atoms with Crippen molar-refractivity contribution in [3.8, 4) is 11.5 Å². The number of halogens is 2. The largest absolute Gasteiger partial charge is 0.493 e. The van der Waals surface area contributed by atoms with Crippen LogP contribution in [0.2, 0.25) is 0 Å². The van der Waals surface area contributed by atoms with E-state index < -0.39 is 0 Å². The van der Waals surface area contributed by atoms with Crippen LogP contribution in [-0.4, -0.2) is 19.1 Å². The predicted molar refractivity (Wildman–Crippen MR) is 89.7 cm³/mol. The summed E-state index contributed by atoms with van der Waals surface area (Å²) in [4.78, 5) is 4.29. The van der Waals surface area contributed by atoms with Crippen molar-refractivity contribution >= 4 is 31.9 Å². The van der Waals surface area contributed by atoms with Crippen LogP contribution < -0.4 is 14.8 Å². The Morgan fingerprint density at radius 2 is 2.05 bits per heavy atom. The third-order valence-electron chi connectivity index (χ3n) is 2.82. The maximum absolute atomic E-state index is 5.85. The SMILES string of the molecule is CNCc1cc(Br)c(OCc2ccc(Br)cn2)c(OC)c1. The van der Waals surface area contributed by atoms with E-state index in [2.05, 4.69) is 42.2 Å². The van der Waals surface area contributed by atoms with Crippen molar-refractivity contribution in [1.82, 2.24) is 10.3 Å². The maximum atomic E-state index is 5.85. The second kappa shape index (κ2) is 7.77. The molecule has 0 aliphatic heterocycles. The fraction of sp³-hybridized carbons (Fsp3) is 0.267. The number of ether oxygens (including phenoxy) is 2. The Bertz CT molecular complexity index is 603. The van der Waals surface area contributed by atoms with Gasteiger partial charge < -0.3 is 14.8 Å². The lowest BCUT2D eigenvalue weighted by molar-refractivity contribution is 0.278. The Balaban J connectivity index is 2.16. The lowest BCUT2D eigenvalue weighted by Gasteiger charge is -2.14. The quantitative estimate of drug-likeness (QED) is 0.776. The summed E-state index contributed by atoms with van der Waals surface area (Å²) in [5.74, 6) is 1.38. The van der Waals surface area contributed by atoms with Gasteiger partial charge in [0, 0.05) is 17.2 Å². The van der Waals surface area contributed by atoms with Gasteiger partial charge in [0.2, 0.25) is 0 Å². The molecule has 0 saturated carbocycles. The van der Waals surface area contributed by atoms with Gasteiger partial charge in [0.05, 0.1) is 17.3 Å². The van der Waals surface area contributed by atoms with Gasteiger partial charge in [-0.05, 0) is 68.7 Å². The van der Waals surface area contributed by atoms with E-state index >= 15 is 0 Å². The lowest BCUT2D eigenvalue weighted by atomic mass is 10.2. The summed E-state index contributed by atoms with van der Waals surface area (Å²) in [7, 11) is 3.54. The normalized spacial score (nSPS) is 10.5. The van der Waals surface area contributed by atoms with Crippen LogP contribution in [0.5, 0.6) is 11.5 Å². The Morgan fingerprint density at radius 1 is 1.24 bits per heavy atom. The van der Waals surface area contributed by atoms with Crippen molar-refractivity contribution < 1.29 is 9.47 Å². The number of methoxy groups -OCH3 is 1. The number of pyridine rings is 1. The zero-order valence-electron chi connectivity index (χ0n) is 11.8. The second-order valence-corrected chi connectivity index (χ2v) is 6.17. The topological polar surface area (TPSA) is 43.4 Å². The van der Waals surface area contributed by atoms with Gasteiger partial charge in [-0.2, -0.15) is 0 Å². The predicted octanol–water partition coefficient (Wildman–Crippen LogP) is 3.91. The van der Waals surface area contributed by atoms with E-state index in [0.29, 0.717) is 18.1 Å². The van der Waals surface area contributed by atoms with Crippen LogP contribution in [0.4, 0.5) is 0 Å². The van der Waals surface area contributed by atoms with Crippen molar-refractivity contribution in [2.45, 2.75) is 13.2 Å². The molecule has 0 saturated heterocycles. The fourth-order valence-electron chi connectivity index (χ4n) is 1.86. The average molecular weight is 416 g/mol. The number of nitrogens with zero attached hydrogens (tertiary/aromatic N) is 1. The van der Waals surface area contributed by atoms with Crippen molar-refractivity contribution in [2.24, 2.45) is 0 Å². The summed E-state index contributed by atoms with van der Waals surface area (Å²) in [6.45, 7) is 1.15. The first-order valence-corrected chi connectivity index (χ1v) is 7.97. The number of hydrogen-bond donors (Lipinski definition) is 1. The average Bonchev–Trinajstić information content (AvgIpc) is 2.47. The van der Waals surface area contributed by atoms with Gasteiger partial charge in [-0.1, -0.05) is 0 Å². The minimum atomic E-state index is 0.383. The first-order valence-electron chi connectivity index (χ1n) is 6.38. The molecule has 2 aromatic rings. The fourth-order valence-corrected chi connectivity index (χ4v) is 2.70. The van der Waals surface area contributed by atoms with E-state index in [4.69, 9.17) is 9.47 Å². The van der Waals surface area contributed by atoms with E-state index in [-0.39, 0.29) is 0 Å². The molecule has 21 heavy (non-hydrogen) atoms. The molecule has 0 aliphatic carbocycles. The molecule has 0 bridgehead atoms. The van der Waals surface area contributed by atoms with Crippen molar-refractivity contribution in [3.05, 3.63) is 50.7 Å². The van der Waals surface area contributed by atoms with Crippen LogP contribution in [0.3, 0.4) is 0 Å². The van der Waals surface area contributed by atoms with E-state index in [1.54, 1.807) is 13.3 Å². The van der Waals surface area contributed by atoms with Crippen LogP contribution >= 0.6 is 31.9 Å². The Labute approximate surface area is 141 Å². The molecule has 0 aliphatic rings. The first-order chi connectivity index (χ1) is 10.1. The molecule has 1 aromatic carbocycles. The summed E-state index contributed by atoms with van der Waals surface area (Å²) in [6, 6.07) is 7.84. The monoisotopic (exact) mass is 414 g/mol. The van der Waals surface area contributed by atoms with E-state index in [9.17, 15) is 0 Å². The van der Waals surface area contributed by atoms with Gasteiger partial charge in [0.25, 0.3) is 0 Å². The molecular weight excluding hydrogens is 400 g/mol. The summed E-state index contributed by atoms with van der Waals surface area (Å²) in [5, 5.41) is 3.11. The summed E-state index contributed by atoms with van der Waals surface area (Å²) in [5.41, 5.74) is 1.97.